The molecule has 1 aliphatic heterocycles. The number of aromatic nitrogens is 1. The van der Waals surface area contributed by atoms with Gasteiger partial charge in [-0.1, -0.05) is 0 Å². The van der Waals surface area contributed by atoms with Gasteiger partial charge in [-0.2, -0.15) is 0 Å². The molecule has 3 heterocycles. The molecular weight excluding hydrogens is 522 g/mol. The summed E-state index contributed by atoms with van der Waals surface area (Å²) in [7, 11) is -3.71. The number of hydrogen-bond donors (Lipinski definition) is 5. The molecule has 3 aromatic rings. The first kappa shape index (κ1) is 27.2. The minimum absolute atomic E-state index is 0.151. The summed E-state index contributed by atoms with van der Waals surface area (Å²) in [5.74, 6) is -0.492. The van der Waals surface area contributed by atoms with Crippen LogP contribution in [0.3, 0.4) is 0 Å². The summed E-state index contributed by atoms with van der Waals surface area (Å²) in [6.45, 7) is 4.60. The summed E-state index contributed by atoms with van der Waals surface area (Å²) in [5.41, 5.74) is 2.00. The molecule has 210 valence electrons. The van der Waals surface area contributed by atoms with Crippen LogP contribution in [0.1, 0.15) is 50.0 Å². The molecule has 5 rings (SSSR count). The third-order valence-corrected chi connectivity index (χ3v) is 8.79. The third-order valence-electron chi connectivity index (χ3n) is 7.52. The Balaban J connectivity index is 1.45. The van der Waals surface area contributed by atoms with Gasteiger partial charge in [0.25, 0.3) is 5.91 Å². The number of nitrogens with zero attached hydrogens (tertiary/aromatic N) is 2. The zero-order valence-electron chi connectivity index (χ0n) is 22.2. The van der Waals surface area contributed by atoms with Crippen LogP contribution in [-0.2, 0) is 10.0 Å². The van der Waals surface area contributed by atoms with Gasteiger partial charge < -0.3 is 30.2 Å². The van der Waals surface area contributed by atoms with Gasteiger partial charge in [0.05, 0.1) is 47.8 Å². The molecule has 1 amide bonds. The minimum atomic E-state index is -3.71. The molecule has 2 aliphatic rings. The average molecular weight is 558 g/mol. The summed E-state index contributed by atoms with van der Waals surface area (Å²) in [4.78, 5) is 20.1. The Morgan fingerprint density at radius 1 is 1.13 bits per heavy atom. The fraction of sp³-hybridized carbons (Fsp3) is 0.481. The van der Waals surface area contributed by atoms with Gasteiger partial charge in [0.2, 0.25) is 10.0 Å². The lowest BCUT2D eigenvalue weighted by atomic mass is 9.93. The maximum atomic E-state index is 13.5. The summed E-state index contributed by atoms with van der Waals surface area (Å²) in [5, 5.41) is 25.6. The van der Waals surface area contributed by atoms with Crippen LogP contribution >= 0.6 is 0 Å². The number of aliphatic hydroxyl groups excluding tert-OH is 2. The third kappa shape index (κ3) is 6.13. The fourth-order valence-corrected chi connectivity index (χ4v) is 5.76. The molecular formula is C27H35N5O6S. The number of carbonyl (C=O) groups excluding carboxylic acids is 1. The highest BCUT2D eigenvalue weighted by Gasteiger charge is 2.44. The number of piperidine rings is 1. The Labute approximate surface area is 227 Å². The number of hydrogen-bond acceptors (Lipinski definition) is 9. The quantitative estimate of drug-likeness (QED) is 0.252. The van der Waals surface area contributed by atoms with Gasteiger partial charge in [-0.15, -0.1) is 0 Å². The molecule has 0 atom stereocenters. The van der Waals surface area contributed by atoms with Gasteiger partial charge in [-0.3, -0.25) is 9.52 Å². The molecule has 2 aromatic heterocycles. The van der Waals surface area contributed by atoms with Crippen LogP contribution in [0.4, 0.5) is 22.9 Å². The molecule has 5 N–H and O–H groups in total. The lowest BCUT2D eigenvalue weighted by Gasteiger charge is -2.35. The molecule has 12 heteroatoms. The Hall–Kier alpha value is -3.35. The number of benzene rings is 1. The van der Waals surface area contributed by atoms with Crippen LogP contribution in [0.2, 0.25) is 0 Å². The van der Waals surface area contributed by atoms with Crippen LogP contribution in [0.5, 0.6) is 0 Å². The number of furan rings is 1. The van der Waals surface area contributed by atoms with E-state index in [1.807, 2.05) is 13.8 Å². The van der Waals surface area contributed by atoms with Gasteiger partial charge in [0, 0.05) is 18.5 Å². The SMILES string of the molecule is CC(C)(CO)Nc1nc(C(=O)Nc2ccc(NS(=O)(=O)CCO)cc2N2CCC3(CC2)CC3)cc2ccoc12. The Morgan fingerprint density at radius 3 is 2.54 bits per heavy atom. The topological polar surface area (TPSA) is 157 Å². The minimum Gasteiger partial charge on any atom is -0.460 e. The number of fused-ring (bicyclic) bond motifs is 1. The van der Waals surface area contributed by atoms with Gasteiger partial charge in [0.15, 0.2) is 11.4 Å². The summed E-state index contributed by atoms with van der Waals surface area (Å²) in [6.07, 6.45) is 6.11. The highest BCUT2D eigenvalue weighted by molar-refractivity contribution is 7.92. The summed E-state index contributed by atoms with van der Waals surface area (Å²) >= 11 is 0. The van der Waals surface area contributed by atoms with Crippen molar-refractivity contribution < 1.29 is 27.8 Å². The van der Waals surface area contributed by atoms with E-state index in [1.54, 1.807) is 30.3 Å². The molecule has 1 saturated carbocycles. The maximum Gasteiger partial charge on any atom is 0.274 e. The highest BCUT2D eigenvalue weighted by Crippen LogP contribution is 2.54. The molecule has 0 radical (unpaired) electrons. The van der Waals surface area contributed by atoms with Crippen molar-refractivity contribution in [3.05, 3.63) is 42.3 Å². The van der Waals surface area contributed by atoms with E-state index < -0.39 is 33.8 Å². The zero-order chi connectivity index (χ0) is 27.8. The number of anilines is 4. The van der Waals surface area contributed by atoms with Crippen molar-refractivity contribution in [3.63, 3.8) is 0 Å². The number of pyridine rings is 1. The Morgan fingerprint density at radius 2 is 1.87 bits per heavy atom. The van der Waals surface area contributed by atoms with E-state index >= 15 is 0 Å². The summed E-state index contributed by atoms with van der Waals surface area (Å²) < 4.78 is 32.6. The Bertz CT molecular complexity index is 1470. The maximum absolute atomic E-state index is 13.5. The van der Waals surface area contributed by atoms with Crippen LogP contribution in [0.15, 0.2) is 41.0 Å². The Kier molecular flexibility index (Phi) is 7.21. The lowest BCUT2D eigenvalue weighted by Crippen LogP contribution is -2.35. The van der Waals surface area contributed by atoms with Crippen molar-refractivity contribution in [2.45, 2.75) is 45.1 Å². The highest BCUT2D eigenvalue weighted by atomic mass is 32.2. The van der Waals surface area contributed by atoms with E-state index in [0.29, 0.717) is 39.3 Å². The van der Waals surface area contributed by atoms with Crippen LogP contribution in [0.25, 0.3) is 11.0 Å². The number of amides is 1. The second-order valence-electron chi connectivity index (χ2n) is 11.2. The van der Waals surface area contributed by atoms with Crippen molar-refractivity contribution >= 4 is 49.8 Å². The second-order valence-corrected chi connectivity index (χ2v) is 13.0. The molecule has 0 unspecified atom stereocenters. The van der Waals surface area contributed by atoms with E-state index in [2.05, 4.69) is 25.2 Å². The monoisotopic (exact) mass is 557 g/mol. The van der Waals surface area contributed by atoms with Gasteiger partial charge in [0.1, 0.15) is 5.69 Å². The van der Waals surface area contributed by atoms with E-state index in [4.69, 9.17) is 9.52 Å². The lowest BCUT2D eigenvalue weighted by molar-refractivity contribution is 0.102. The second kappa shape index (κ2) is 10.3. The van der Waals surface area contributed by atoms with Crippen LogP contribution < -0.4 is 20.3 Å². The molecule has 11 nitrogen and oxygen atoms in total. The smallest absolute Gasteiger partial charge is 0.274 e. The van der Waals surface area contributed by atoms with E-state index in [0.717, 1.165) is 25.9 Å². The number of carbonyl (C=O) groups is 1. The number of nitrogens with one attached hydrogen (secondary N) is 3. The van der Waals surface area contributed by atoms with Crippen molar-refractivity contribution in [1.29, 1.82) is 0 Å². The van der Waals surface area contributed by atoms with Gasteiger partial charge in [-0.25, -0.2) is 13.4 Å². The van der Waals surface area contributed by atoms with Crippen molar-refractivity contribution in [2.24, 2.45) is 5.41 Å². The molecule has 2 fully saturated rings. The van der Waals surface area contributed by atoms with E-state index in [-0.39, 0.29) is 12.3 Å². The number of rotatable bonds is 10. The molecule has 1 saturated heterocycles. The normalized spacial score (nSPS) is 16.9. The van der Waals surface area contributed by atoms with E-state index in [1.165, 1.54) is 19.1 Å². The van der Waals surface area contributed by atoms with Crippen LogP contribution in [0, 0.1) is 5.41 Å². The van der Waals surface area contributed by atoms with Gasteiger partial charge in [-0.05, 0) is 75.3 Å². The molecule has 1 aliphatic carbocycles. The number of aliphatic hydroxyl groups is 2. The van der Waals surface area contributed by atoms with Crippen molar-refractivity contribution in [3.8, 4) is 0 Å². The predicted octanol–water partition coefficient (Wildman–Crippen LogP) is 3.38. The number of sulfonamides is 1. The molecule has 1 aromatic carbocycles. The average Bonchev–Trinajstić information content (AvgIpc) is 3.45. The molecule has 39 heavy (non-hydrogen) atoms. The first-order valence-corrected chi connectivity index (χ1v) is 14.8. The first-order valence-electron chi connectivity index (χ1n) is 13.1. The fourth-order valence-electron chi connectivity index (χ4n) is 4.94. The molecule has 0 bridgehead atoms. The zero-order valence-corrected chi connectivity index (χ0v) is 23.0. The predicted molar refractivity (Wildman–Crippen MR) is 151 cm³/mol. The first-order chi connectivity index (χ1) is 18.5. The standard InChI is InChI=1S/C27H35N5O6S/c1-26(2,17-34)30-24-23-18(5-13-38-23)15-21(28-24)25(35)29-20-4-3-19(31-39(36,37)14-12-33)16-22(20)32-10-8-27(6-7-27)9-11-32/h3-5,13,15-16,31,33-34H,6-12,14,17H2,1-2H3,(H,28,30)(H,29,35). The summed E-state index contributed by atoms with van der Waals surface area (Å²) in [6, 6.07) is 8.36. The van der Waals surface area contributed by atoms with Crippen LogP contribution in [-0.4, -0.2) is 67.1 Å². The van der Waals surface area contributed by atoms with E-state index in [9.17, 15) is 18.3 Å². The molecule has 1 spiro atoms. The van der Waals surface area contributed by atoms with Crippen molar-refractivity contribution in [1.82, 2.24) is 4.98 Å². The largest absolute Gasteiger partial charge is 0.460 e. The van der Waals surface area contributed by atoms with Crippen molar-refractivity contribution in [2.75, 3.05) is 52.3 Å². The van der Waals surface area contributed by atoms with Gasteiger partial charge >= 0.3 is 0 Å².